The lowest BCUT2D eigenvalue weighted by molar-refractivity contribution is -0.132. The largest absolute Gasteiger partial charge is 0.472 e. The van der Waals surface area contributed by atoms with Crippen LogP contribution in [0.2, 0.25) is 0 Å². The van der Waals surface area contributed by atoms with E-state index in [9.17, 15) is 9.59 Å². The Hall–Kier alpha value is -2.66. The Bertz CT molecular complexity index is 972. The molecule has 0 aromatic heterocycles. The van der Waals surface area contributed by atoms with Gasteiger partial charge < -0.3 is 10.1 Å². The Labute approximate surface area is 170 Å². The highest BCUT2D eigenvalue weighted by molar-refractivity contribution is 6.09. The predicted molar refractivity (Wildman–Crippen MR) is 111 cm³/mol. The van der Waals surface area contributed by atoms with Crippen molar-refractivity contribution in [1.82, 2.24) is 5.32 Å². The average Bonchev–Trinajstić information content (AvgIpc) is 2.80. The molecule has 1 aliphatic carbocycles. The van der Waals surface area contributed by atoms with Gasteiger partial charge in [-0.25, -0.2) is 0 Å². The Morgan fingerprint density at radius 3 is 2.90 bits per heavy atom. The number of para-hydroxylation sites is 1. The SMILES string of the molecule is Cc1cccc(NC(=O)[C@H]2C(=O)CN[C@@]34CCCC[C@H]3[C@H]2c2ccccc2O4)c1. The summed E-state index contributed by atoms with van der Waals surface area (Å²) in [5, 5.41) is 6.43. The van der Waals surface area contributed by atoms with Gasteiger partial charge in [-0.05, 0) is 49.1 Å². The van der Waals surface area contributed by atoms with Crippen molar-refractivity contribution in [2.45, 2.75) is 44.2 Å². The number of hydrogen-bond acceptors (Lipinski definition) is 4. The maximum atomic E-state index is 13.4. The zero-order chi connectivity index (χ0) is 20.0. The molecule has 0 unspecified atom stereocenters. The number of hydrogen-bond donors (Lipinski definition) is 2. The number of anilines is 1. The van der Waals surface area contributed by atoms with Gasteiger partial charge in [0.25, 0.3) is 0 Å². The number of fused-ring (bicyclic) bond motifs is 2. The standard InChI is InChI=1S/C24H26N2O3/c1-15-7-6-8-16(13-15)26-23(28)22-19(27)14-25-24-12-5-4-10-18(24)21(22)17-9-2-3-11-20(17)29-24/h2-3,6-9,11,13,18,21-22,25H,4-5,10,12,14H2,1H3,(H,26,28)/t18-,21+,22-,24+/m0/s1. The number of nitrogens with one attached hydrogen (secondary N) is 2. The van der Waals surface area contributed by atoms with E-state index in [2.05, 4.69) is 10.6 Å². The summed E-state index contributed by atoms with van der Waals surface area (Å²) in [7, 11) is 0. The Morgan fingerprint density at radius 2 is 2.03 bits per heavy atom. The van der Waals surface area contributed by atoms with Crippen LogP contribution in [0.4, 0.5) is 5.69 Å². The summed E-state index contributed by atoms with van der Waals surface area (Å²) >= 11 is 0. The zero-order valence-electron chi connectivity index (χ0n) is 16.6. The smallest absolute Gasteiger partial charge is 0.235 e. The van der Waals surface area contributed by atoms with Crippen LogP contribution in [0, 0.1) is 18.8 Å². The summed E-state index contributed by atoms with van der Waals surface area (Å²) in [6.07, 6.45) is 3.97. The molecule has 2 aliphatic heterocycles. The van der Waals surface area contributed by atoms with Gasteiger partial charge in [-0.3, -0.25) is 14.9 Å². The van der Waals surface area contributed by atoms with Crippen LogP contribution in [0.3, 0.4) is 0 Å². The Kier molecular flexibility index (Phi) is 4.43. The number of aryl methyl sites for hydroxylation is 1. The van der Waals surface area contributed by atoms with E-state index in [1.165, 1.54) is 0 Å². The van der Waals surface area contributed by atoms with Gasteiger partial charge in [0.2, 0.25) is 5.91 Å². The van der Waals surface area contributed by atoms with Crippen LogP contribution in [-0.4, -0.2) is 24.0 Å². The number of ether oxygens (including phenoxy) is 1. The molecule has 1 saturated carbocycles. The molecule has 0 radical (unpaired) electrons. The van der Waals surface area contributed by atoms with E-state index in [0.29, 0.717) is 0 Å². The molecule has 0 spiro atoms. The van der Waals surface area contributed by atoms with Crippen LogP contribution in [-0.2, 0) is 9.59 Å². The summed E-state index contributed by atoms with van der Waals surface area (Å²) in [5.74, 6) is -0.276. The van der Waals surface area contributed by atoms with E-state index in [4.69, 9.17) is 4.74 Å². The third kappa shape index (κ3) is 3.04. The molecule has 1 saturated heterocycles. The summed E-state index contributed by atoms with van der Waals surface area (Å²) in [4.78, 5) is 26.6. The fourth-order valence-corrected chi connectivity index (χ4v) is 5.50. The van der Waals surface area contributed by atoms with Crippen LogP contribution >= 0.6 is 0 Å². The Balaban J connectivity index is 1.58. The molecule has 5 rings (SSSR count). The number of rotatable bonds is 2. The zero-order valence-corrected chi connectivity index (χ0v) is 16.6. The van der Waals surface area contributed by atoms with Crippen molar-refractivity contribution >= 4 is 17.4 Å². The summed E-state index contributed by atoms with van der Waals surface area (Å²) in [6, 6.07) is 15.6. The van der Waals surface area contributed by atoms with E-state index in [0.717, 1.165) is 48.2 Å². The molecule has 5 nitrogen and oxygen atoms in total. The minimum absolute atomic E-state index is 0.0609. The van der Waals surface area contributed by atoms with Gasteiger partial charge in [0.05, 0.1) is 6.54 Å². The summed E-state index contributed by atoms with van der Waals surface area (Å²) in [5.41, 5.74) is 2.23. The summed E-state index contributed by atoms with van der Waals surface area (Å²) < 4.78 is 6.49. The molecule has 2 fully saturated rings. The highest BCUT2D eigenvalue weighted by Gasteiger charge is 2.57. The third-order valence-electron chi connectivity index (χ3n) is 6.75. The molecule has 29 heavy (non-hydrogen) atoms. The monoisotopic (exact) mass is 390 g/mol. The van der Waals surface area contributed by atoms with Crippen molar-refractivity contribution in [2.75, 3.05) is 11.9 Å². The first-order valence-electron chi connectivity index (χ1n) is 10.5. The van der Waals surface area contributed by atoms with Crippen molar-refractivity contribution < 1.29 is 14.3 Å². The topological polar surface area (TPSA) is 67.4 Å². The fourth-order valence-electron chi connectivity index (χ4n) is 5.50. The quantitative estimate of drug-likeness (QED) is 0.766. The van der Waals surface area contributed by atoms with Gasteiger partial charge in [-0.2, -0.15) is 0 Å². The molecule has 2 aromatic carbocycles. The normalized spacial score (nSPS) is 30.4. The second-order valence-corrected chi connectivity index (χ2v) is 8.56. The van der Waals surface area contributed by atoms with Crippen LogP contribution in [0.25, 0.3) is 0 Å². The molecule has 2 aromatic rings. The average molecular weight is 390 g/mol. The predicted octanol–water partition coefficient (Wildman–Crippen LogP) is 3.78. The molecule has 3 aliphatic rings. The molecule has 2 heterocycles. The van der Waals surface area contributed by atoms with E-state index in [1.54, 1.807) is 0 Å². The Morgan fingerprint density at radius 1 is 1.17 bits per heavy atom. The highest BCUT2D eigenvalue weighted by atomic mass is 16.5. The minimum atomic E-state index is -0.724. The van der Waals surface area contributed by atoms with Crippen LogP contribution in [0.15, 0.2) is 48.5 Å². The van der Waals surface area contributed by atoms with E-state index >= 15 is 0 Å². The molecule has 2 N–H and O–H groups in total. The second-order valence-electron chi connectivity index (χ2n) is 8.56. The van der Waals surface area contributed by atoms with Gasteiger partial charge >= 0.3 is 0 Å². The molecule has 4 atom stereocenters. The number of Topliss-reactive ketones (excluding diaryl/α,β-unsaturated/α-hetero) is 1. The lowest BCUT2D eigenvalue weighted by atomic mass is 9.65. The van der Waals surface area contributed by atoms with Crippen molar-refractivity contribution in [3.8, 4) is 5.75 Å². The van der Waals surface area contributed by atoms with Crippen LogP contribution in [0.1, 0.15) is 42.7 Å². The molecule has 5 heteroatoms. The van der Waals surface area contributed by atoms with Crippen molar-refractivity contribution in [2.24, 2.45) is 11.8 Å². The molecule has 2 bridgehead atoms. The first-order chi connectivity index (χ1) is 14.1. The van der Waals surface area contributed by atoms with Gasteiger partial charge in [-0.1, -0.05) is 36.8 Å². The minimum Gasteiger partial charge on any atom is -0.472 e. The number of amides is 1. The summed E-state index contributed by atoms with van der Waals surface area (Å²) in [6.45, 7) is 2.15. The van der Waals surface area contributed by atoms with E-state index in [-0.39, 0.29) is 30.1 Å². The van der Waals surface area contributed by atoms with Gasteiger partial charge in [0.1, 0.15) is 11.7 Å². The lowest BCUT2D eigenvalue weighted by Crippen LogP contribution is -2.60. The molecular formula is C24H26N2O3. The highest BCUT2D eigenvalue weighted by Crippen LogP contribution is 2.54. The van der Waals surface area contributed by atoms with Crippen molar-refractivity contribution in [1.29, 1.82) is 0 Å². The molecule has 150 valence electrons. The van der Waals surface area contributed by atoms with Gasteiger partial charge in [0, 0.05) is 23.9 Å². The van der Waals surface area contributed by atoms with Gasteiger partial charge in [-0.15, -0.1) is 0 Å². The number of benzene rings is 2. The lowest BCUT2D eigenvalue weighted by Gasteiger charge is -2.50. The first-order valence-corrected chi connectivity index (χ1v) is 10.5. The van der Waals surface area contributed by atoms with Crippen molar-refractivity contribution in [3.63, 3.8) is 0 Å². The number of carbonyl (C=O) groups is 2. The van der Waals surface area contributed by atoms with Crippen molar-refractivity contribution in [3.05, 3.63) is 59.7 Å². The number of carbonyl (C=O) groups excluding carboxylic acids is 2. The maximum absolute atomic E-state index is 13.4. The number of ketones is 1. The van der Waals surface area contributed by atoms with E-state index < -0.39 is 11.6 Å². The maximum Gasteiger partial charge on any atom is 0.235 e. The van der Waals surface area contributed by atoms with E-state index in [1.807, 2.05) is 55.5 Å². The van der Waals surface area contributed by atoms with Gasteiger partial charge in [0.15, 0.2) is 11.5 Å². The first kappa shape index (κ1) is 18.4. The van der Waals surface area contributed by atoms with Crippen LogP contribution < -0.4 is 15.4 Å². The molecule has 1 amide bonds. The second kappa shape index (κ2) is 6.99. The third-order valence-corrected chi connectivity index (χ3v) is 6.75. The fraction of sp³-hybridized carbons (Fsp3) is 0.417. The van der Waals surface area contributed by atoms with Crippen LogP contribution in [0.5, 0.6) is 5.75 Å². The molecular weight excluding hydrogens is 364 g/mol.